The van der Waals surface area contributed by atoms with Gasteiger partial charge in [-0.2, -0.15) is 0 Å². The van der Waals surface area contributed by atoms with E-state index in [9.17, 15) is 14.0 Å². The molecular weight excluding hydrogens is 285 g/mol. The Kier molecular flexibility index (Phi) is 3.91. The molecule has 5 nitrogen and oxygen atoms in total. The molecule has 0 aliphatic carbocycles. The topological polar surface area (TPSA) is 56.4 Å². The lowest BCUT2D eigenvalue weighted by Crippen LogP contribution is -2.50. The fourth-order valence-corrected chi connectivity index (χ4v) is 2.53. The first kappa shape index (κ1) is 14.3. The Hall–Kier alpha value is -2.63. The van der Waals surface area contributed by atoms with Crippen molar-refractivity contribution in [1.29, 1.82) is 0 Å². The zero-order chi connectivity index (χ0) is 15.5. The third kappa shape index (κ3) is 2.86. The fourth-order valence-electron chi connectivity index (χ4n) is 2.53. The van der Waals surface area contributed by atoms with Gasteiger partial charge in [0, 0.05) is 44.1 Å². The molecule has 6 heteroatoms. The van der Waals surface area contributed by atoms with Gasteiger partial charge in [0.2, 0.25) is 0 Å². The van der Waals surface area contributed by atoms with Crippen molar-refractivity contribution in [2.24, 2.45) is 0 Å². The molecule has 1 aromatic carbocycles. The van der Waals surface area contributed by atoms with Crippen molar-refractivity contribution < 1.29 is 14.0 Å². The van der Waals surface area contributed by atoms with Gasteiger partial charge in [-0.15, -0.1) is 0 Å². The van der Waals surface area contributed by atoms with Gasteiger partial charge in [-0.05, 0) is 30.3 Å². The molecule has 2 aromatic rings. The lowest BCUT2D eigenvalue weighted by Gasteiger charge is -2.34. The highest BCUT2D eigenvalue weighted by Gasteiger charge is 2.25. The summed E-state index contributed by atoms with van der Waals surface area (Å²) in [5, 5.41) is 0. The van der Waals surface area contributed by atoms with Crippen LogP contribution in [0.4, 0.5) is 4.39 Å². The Balaban J connectivity index is 1.60. The highest BCUT2D eigenvalue weighted by atomic mass is 19.1. The minimum absolute atomic E-state index is 0.0323. The molecule has 0 atom stereocenters. The van der Waals surface area contributed by atoms with Gasteiger partial charge in [0.05, 0.1) is 5.56 Å². The van der Waals surface area contributed by atoms with Gasteiger partial charge in [0.15, 0.2) is 0 Å². The number of benzene rings is 1. The van der Waals surface area contributed by atoms with Crippen LogP contribution in [0.2, 0.25) is 0 Å². The minimum atomic E-state index is -0.363. The van der Waals surface area contributed by atoms with E-state index in [-0.39, 0.29) is 17.6 Å². The minimum Gasteiger partial charge on any atom is -0.367 e. The summed E-state index contributed by atoms with van der Waals surface area (Å²) in [5.74, 6) is -0.526. The molecule has 1 aliphatic rings. The molecule has 2 heterocycles. The van der Waals surface area contributed by atoms with Crippen LogP contribution in [0.1, 0.15) is 20.7 Å². The number of H-pyrrole nitrogens is 1. The lowest BCUT2D eigenvalue weighted by molar-refractivity contribution is 0.0535. The van der Waals surface area contributed by atoms with Gasteiger partial charge in [-0.25, -0.2) is 4.39 Å². The predicted molar refractivity (Wildman–Crippen MR) is 79.0 cm³/mol. The third-order valence-corrected chi connectivity index (χ3v) is 3.79. The zero-order valence-corrected chi connectivity index (χ0v) is 12.0. The Morgan fingerprint density at radius 3 is 1.91 bits per heavy atom. The maximum Gasteiger partial charge on any atom is 0.255 e. The number of rotatable bonds is 2. The van der Waals surface area contributed by atoms with Crippen LogP contribution < -0.4 is 0 Å². The molecule has 114 valence electrons. The van der Waals surface area contributed by atoms with E-state index in [0.717, 1.165) is 0 Å². The molecule has 22 heavy (non-hydrogen) atoms. The average Bonchev–Trinajstić information content (AvgIpc) is 3.09. The van der Waals surface area contributed by atoms with Crippen LogP contribution in [0.3, 0.4) is 0 Å². The summed E-state index contributed by atoms with van der Waals surface area (Å²) in [6, 6.07) is 7.25. The third-order valence-electron chi connectivity index (χ3n) is 3.79. The number of nitrogens with zero attached hydrogens (tertiary/aromatic N) is 2. The van der Waals surface area contributed by atoms with Crippen molar-refractivity contribution in [3.8, 4) is 0 Å². The molecule has 0 saturated carbocycles. The Labute approximate surface area is 127 Å². The van der Waals surface area contributed by atoms with Crippen LogP contribution in [0.25, 0.3) is 0 Å². The van der Waals surface area contributed by atoms with Crippen molar-refractivity contribution in [3.63, 3.8) is 0 Å². The van der Waals surface area contributed by atoms with Gasteiger partial charge in [0.1, 0.15) is 5.82 Å². The lowest BCUT2D eigenvalue weighted by atomic mass is 10.1. The van der Waals surface area contributed by atoms with Crippen LogP contribution in [0.5, 0.6) is 0 Å². The smallest absolute Gasteiger partial charge is 0.255 e. The Morgan fingerprint density at radius 1 is 0.864 bits per heavy atom. The number of carbonyl (C=O) groups is 2. The van der Waals surface area contributed by atoms with Crippen molar-refractivity contribution in [2.45, 2.75) is 0 Å². The van der Waals surface area contributed by atoms with Crippen molar-refractivity contribution in [1.82, 2.24) is 14.8 Å². The second-order valence-corrected chi connectivity index (χ2v) is 5.19. The van der Waals surface area contributed by atoms with Crippen molar-refractivity contribution >= 4 is 11.8 Å². The number of halogens is 1. The Bertz CT molecular complexity index is 659. The number of hydrogen-bond donors (Lipinski definition) is 1. The van der Waals surface area contributed by atoms with Crippen LogP contribution in [0.15, 0.2) is 42.7 Å². The van der Waals surface area contributed by atoms with E-state index < -0.39 is 0 Å². The molecule has 0 radical (unpaired) electrons. The standard InChI is InChI=1S/C16H16FN3O2/c17-14-3-1-12(2-4-14)15(21)19-7-9-20(10-8-19)16(22)13-5-6-18-11-13/h1-6,11,18H,7-10H2. The Morgan fingerprint density at radius 2 is 1.41 bits per heavy atom. The van der Waals surface area contributed by atoms with Gasteiger partial charge >= 0.3 is 0 Å². The zero-order valence-electron chi connectivity index (χ0n) is 12.0. The summed E-state index contributed by atoms with van der Waals surface area (Å²) in [6.07, 6.45) is 3.37. The predicted octanol–water partition coefficient (Wildman–Crippen LogP) is 1.75. The molecule has 1 aliphatic heterocycles. The number of aromatic amines is 1. The van der Waals surface area contributed by atoms with Gasteiger partial charge < -0.3 is 14.8 Å². The summed E-state index contributed by atoms with van der Waals surface area (Å²) in [6.45, 7) is 1.95. The van der Waals surface area contributed by atoms with Gasteiger partial charge in [0.25, 0.3) is 11.8 Å². The molecule has 1 N–H and O–H groups in total. The number of carbonyl (C=O) groups excluding carboxylic acids is 2. The van der Waals surface area contributed by atoms with E-state index in [2.05, 4.69) is 4.98 Å². The second-order valence-electron chi connectivity index (χ2n) is 5.19. The van der Waals surface area contributed by atoms with E-state index in [1.807, 2.05) is 0 Å². The highest BCUT2D eigenvalue weighted by molar-refractivity contribution is 5.95. The maximum absolute atomic E-state index is 12.9. The van der Waals surface area contributed by atoms with Gasteiger partial charge in [-0.3, -0.25) is 9.59 Å². The van der Waals surface area contributed by atoms with E-state index >= 15 is 0 Å². The first-order chi connectivity index (χ1) is 10.6. The van der Waals surface area contributed by atoms with E-state index in [0.29, 0.717) is 37.3 Å². The average molecular weight is 301 g/mol. The van der Waals surface area contributed by atoms with Crippen LogP contribution in [-0.2, 0) is 0 Å². The number of piperazine rings is 1. The number of hydrogen-bond acceptors (Lipinski definition) is 2. The molecule has 3 rings (SSSR count). The first-order valence-electron chi connectivity index (χ1n) is 7.12. The van der Waals surface area contributed by atoms with Crippen LogP contribution in [0, 0.1) is 5.82 Å². The first-order valence-corrected chi connectivity index (χ1v) is 7.12. The molecule has 1 saturated heterocycles. The van der Waals surface area contributed by atoms with E-state index in [1.165, 1.54) is 24.3 Å². The molecule has 0 bridgehead atoms. The summed E-state index contributed by atoms with van der Waals surface area (Å²) in [4.78, 5) is 30.8. The van der Waals surface area contributed by atoms with E-state index in [4.69, 9.17) is 0 Å². The molecule has 0 unspecified atom stereocenters. The largest absolute Gasteiger partial charge is 0.367 e. The molecule has 2 amide bonds. The SMILES string of the molecule is O=C(c1ccc(F)cc1)N1CCN(C(=O)c2cc[nH]c2)CC1. The molecule has 0 spiro atoms. The normalized spacial score (nSPS) is 15.0. The summed E-state index contributed by atoms with van der Waals surface area (Å²) >= 11 is 0. The molecule has 1 aromatic heterocycles. The fraction of sp³-hybridized carbons (Fsp3) is 0.250. The van der Waals surface area contributed by atoms with E-state index in [1.54, 1.807) is 28.3 Å². The monoisotopic (exact) mass is 301 g/mol. The number of amides is 2. The quantitative estimate of drug-likeness (QED) is 0.919. The van der Waals surface area contributed by atoms with Crippen LogP contribution >= 0.6 is 0 Å². The second kappa shape index (κ2) is 6.01. The number of nitrogens with one attached hydrogen (secondary N) is 1. The highest BCUT2D eigenvalue weighted by Crippen LogP contribution is 2.12. The maximum atomic E-state index is 12.9. The number of aromatic nitrogens is 1. The van der Waals surface area contributed by atoms with Crippen LogP contribution in [-0.4, -0.2) is 52.8 Å². The summed E-state index contributed by atoms with van der Waals surface area (Å²) < 4.78 is 12.9. The molecular formula is C16H16FN3O2. The van der Waals surface area contributed by atoms with Gasteiger partial charge in [-0.1, -0.05) is 0 Å². The summed E-state index contributed by atoms with van der Waals surface area (Å²) in [5.41, 5.74) is 1.09. The molecule has 1 fully saturated rings. The van der Waals surface area contributed by atoms with Crippen molar-refractivity contribution in [3.05, 3.63) is 59.7 Å². The summed E-state index contributed by atoms with van der Waals surface area (Å²) in [7, 11) is 0. The van der Waals surface area contributed by atoms with Crippen molar-refractivity contribution in [2.75, 3.05) is 26.2 Å².